The molecule has 0 amide bonds. The number of rotatable bonds is 0. The topological polar surface area (TPSA) is 30.2 Å². The maximum Gasteiger partial charge on any atom is 0.217 e. The standard InChI is InChI=1S/C9H6ClN3S/c1-5-2-3-6(10)8-7(5)13-4-11-12-9(13)14-8/h2-4H,1H3. The molecule has 3 nitrogen and oxygen atoms in total. The Morgan fingerprint density at radius 2 is 2.29 bits per heavy atom. The summed E-state index contributed by atoms with van der Waals surface area (Å²) in [7, 11) is 0. The Balaban J connectivity index is 2.68. The number of halogens is 1. The lowest BCUT2D eigenvalue weighted by Crippen LogP contribution is -1.81. The molecule has 0 aliphatic carbocycles. The number of benzene rings is 1. The van der Waals surface area contributed by atoms with Crippen molar-refractivity contribution in [3.8, 4) is 0 Å². The summed E-state index contributed by atoms with van der Waals surface area (Å²) in [4.78, 5) is 0.885. The normalized spacial score (nSPS) is 11.6. The minimum atomic E-state index is 0.779. The molecular formula is C9H6ClN3S. The molecule has 3 aromatic rings. The largest absolute Gasteiger partial charge is 0.272 e. The van der Waals surface area contributed by atoms with Crippen LogP contribution >= 0.6 is 22.9 Å². The zero-order valence-electron chi connectivity index (χ0n) is 7.36. The molecule has 70 valence electrons. The maximum atomic E-state index is 6.11. The van der Waals surface area contributed by atoms with Crippen LogP contribution in [0.25, 0.3) is 15.2 Å². The van der Waals surface area contributed by atoms with Crippen LogP contribution in [0.2, 0.25) is 5.02 Å². The Labute approximate surface area is 88.9 Å². The van der Waals surface area contributed by atoms with Gasteiger partial charge in [-0.1, -0.05) is 29.0 Å². The van der Waals surface area contributed by atoms with E-state index in [1.165, 1.54) is 5.56 Å². The molecule has 0 atom stereocenters. The Kier molecular flexibility index (Phi) is 1.57. The first kappa shape index (κ1) is 8.20. The zero-order chi connectivity index (χ0) is 9.71. The number of aromatic nitrogens is 3. The average molecular weight is 224 g/mol. The first-order valence-corrected chi connectivity index (χ1v) is 5.34. The van der Waals surface area contributed by atoms with Crippen LogP contribution in [-0.4, -0.2) is 14.6 Å². The molecule has 0 N–H and O–H groups in total. The highest BCUT2D eigenvalue weighted by Gasteiger charge is 2.10. The first-order valence-electron chi connectivity index (χ1n) is 4.15. The molecule has 2 aromatic heterocycles. The van der Waals surface area contributed by atoms with Crippen molar-refractivity contribution in [3.63, 3.8) is 0 Å². The van der Waals surface area contributed by atoms with Crippen molar-refractivity contribution >= 4 is 38.1 Å². The van der Waals surface area contributed by atoms with Crippen LogP contribution in [0.5, 0.6) is 0 Å². The molecule has 0 fully saturated rings. The van der Waals surface area contributed by atoms with Crippen molar-refractivity contribution in [2.24, 2.45) is 0 Å². The van der Waals surface area contributed by atoms with Crippen molar-refractivity contribution in [2.45, 2.75) is 6.92 Å². The molecule has 2 heterocycles. The van der Waals surface area contributed by atoms with Gasteiger partial charge in [-0.3, -0.25) is 4.40 Å². The minimum absolute atomic E-state index is 0.779. The second-order valence-corrected chi connectivity index (χ2v) is 4.51. The molecule has 0 bridgehead atoms. The van der Waals surface area contributed by atoms with E-state index in [4.69, 9.17) is 11.6 Å². The predicted octanol–water partition coefficient (Wildman–Crippen LogP) is 2.91. The van der Waals surface area contributed by atoms with Gasteiger partial charge in [-0.25, -0.2) is 0 Å². The monoisotopic (exact) mass is 223 g/mol. The zero-order valence-corrected chi connectivity index (χ0v) is 8.93. The van der Waals surface area contributed by atoms with Crippen LogP contribution < -0.4 is 0 Å². The molecule has 0 radical (unpaired) electrons. The Morgan fingerprint density at radius 1 is 1.43 bits per heavy atom. The van der Waals surface area contributed by atoms with Crippen LogP contribution in [0.15, 0.2) is 18.5 Å². The number of fused-ring (bicyclic) bond motifs is 3. The fourth-order valence-electron chi connectivity index (χ4n) is 1.58. The third-order valence-electron chi connectivity index (χ3n) is 2.24. The molecule has 0 aliphatic rings. The Hall–Kier alpha value is -1.13. The fraction of sp³-hybridized carbons (Fsp3) is 0.111. The van der Waals surface area contributed by atoms with Crippen molar-refractivity contribution in [1.82, 2.24) is 14.6 Å². The lowest BCUT2D eigenvalue weighted by molar-refractivity contribution is 1.11. The van der Waals surface area contributed by atoms with E-state index in [2.05, 4.69) is 17.1 Å². The highest BCUT2D eigenvalue weighted by atomic mass is 35.5. The van der Waals surface area contributed by atoms with Crippen LogP contribution in [0.1, 0.15) is 5.56 Å². The summed E-state index contributed by atoms with van der Waals surface area (Å²) < 4.78 is 3.05. The van der Waals surface area contributed by atoms with Gasteiger partial charge in [-0.05, 0) is 18.6 Å². The third kappa shape index (κ3) is 0.923. The van der Waals surface area contributed by atoms with Crippen molar-refractivity contribution in [1.29, 1.82) is 0 Å². The van der Waals surface area contributed by atoms with Gasteiger partial charge in [0, 0.05) is 0 Å². The van der Waals surface area contributed by atoms with Gasteiger partial charge in [-0.2, -0.15) is 0 Å². The summed E-state index contributed by atoms with van der Waals surface area (Å²) in [6.07, 6.45) is 1.72. The summed E-state index contributed by atoms with van der Waals surface area (Å²) in [6.45, 7) is 2.06. The summed E-state index contributed by atoms with van der Waals surface area (Å²) in [6, 6.07) is 3.93. The van der Waals surface area contributed by atoms with Crippen LogP contribution in [0.4, 0.5) is 0 Å². The summed E-state index contributed by atoms with van der Waals surface area (Å²) in [5.41, 5.74) is 2.30. The number of nitrogens with zero attached hydrogens (tertiary/aromatic N) is 3. The van der Waals surface area contributed by atoms with Gasteiger partial charge in [0.2, 0.25) is 4.96 Å². The van der Waals surface area contributed by atoms with Gasteiger partial charge < -0.3 is 0 Å². The van der Waals surface area contributed by atoms with E-state index in [0.717, 1.165) is 20.2 Å². The second-order valence-electron chi connectivity index (χ2n) is 3.13. The molecule has 0 unspecified atom stereocenters. The summed E-state index contributed by atoms with van der Waals surface area (Å²) in [5, 5.41) is 8.65. The highest BCUT2D eigenvalue weighted by molar-refractivity contribution is 7.24. The molecule has 1 aromatic carbocycles. The molecule has 0 saturated heterocycles. The lowest BCUT2D eigenvalue weighted by atomic mass is 10.2. The maximum absolute atomic E-state index is 6.11. The lowest BCUT2D eigenvalue weighted by Gasteiger charge is -1.97. The fourth-order valence-corrected chi connectivity index (χ4v) is 2.88. The van der Waals surface area contributed by atoms with E-state index in [1.807, 2.05) is 16.5 Å². The van der Waals surface area contributed by atoms with E-state index < -0.39 is 0 Å². The molecule has 14 heavy (non-hydrogen) atoms. The van der Waals surface area contributed by atoms with E-state index in [-0.39, 0.29) is 0 Å². The van der Waals surface area contributed by atoms with Gasteiger partial charge in [0.1, 0.15) is 6.33 Å². The quantitative estimate of drug-likeness (QED) is 0.587. The van der Waals surface area contributed by atoms with Gasteiger partial charge in [0.05, 0.1) is 15.2 Å². The van der Waals surface area contributed by atoms with Gasteiger partial charge in [0.25, 0.3) is 0 Å². The molecule has 0 saturated carbocycles. The number of hydrogen-bond acceptors (Lipinski definition) is 3. The number of hydrogen-bond donors (Lipinski definition) is 0. The smallest absolute Gasteiger partial charge is 0.217 e. The Morgan fingerprint density at radius 3 is 3.14 bits per heavy atom. The van der Waals surface area contributed by atoms with E-state index in [0.29, 0.717) is 0 Å². The van der Waals surface area contributed by atoms with Crippen molar-refractivity contribution < 1.29 is 0 Å². The molecule has 0 spiro atoms. The molecule has 5 heteroatoms. The van der Waals surface area contributed by atoms with Crippen LogP contribution in [0, 0.1) is 6.92 Å². The summed E-state index contributed by atoms with van der Waals surface area (Å²) >= 11 is 7.67. The van der Waals surface area contributed by atoms with Gasteiger partial charge in [-0.15, -0.1) is 10.2 Å². The van der Waals surface area contributed by atoms with E-state index in [9.17, 15) is 0 Å². The van der Waals surface area contributed by atoms with E-state index in [1.54, 1.807) is 17.7 Å². The molecule has 0 aliphatic heterocycles. The third-order valence-corrected chi connectivity index (χ3v) is 3.74. The van der Waals surface area contributed by atoms with Crippen molar-refractivity contribution in [3.05, 3.63) is 29.0 Å². The SMILES string of the molecule is Cc1ccc(Cl)c2sc3nncn3c12. The van der Waals surface area contributed by atoms with Gasteiger partial charge in [0.15, 0.2) is 0 Å². The number of thiazole rings is 1. The molecule has 3 rings (SSSR count). The summed E-state index contributed by atoms with van der Waals surface area (Å²) in [5.74, 6) is 0. The van der Waals surface area contributed by atoms with Crippen molar-refractivity contribution in [2.75, 3.05) is 0 Å². The second kappa shape index (κ2) is 2.68. The van der Waals surface area contributed by atoms with E-state index >= 15 is 0 Å². The predicted molar refractivity (Wildman–Crippen MR) is 58.1 cm³/mol. The first-order chi connectivity index (χ1) is 6.77. The average Bonchev–Trinajstić information content (AvgIpc) is 2.70. The Bertz CT molecular complexity index is 625. The van der Waals surface area contributed by atoms with Crippen LogP contribution in [-0.2, 0) is 0 Å². The van der Waals surface area contributed by atoms with Crippen LogP contribution in [0.3, 0.4) is 0 Å². The van der Waals surface area contributed by atoms with Gasteiger partial charge >= 0.3 is 0 Å². The number of aryl methyl sites for hydroxylation is 1. The minimum Gasteiger partial charge on any atom is -0.272 e. The highest BCUT2D eigenvalue weighted by Crippen LogP contribution is 2.33. The molecular weight excluding hydrogens is 218 g/mol.